The van der Waals surface area contributed by atoms with E-state index in [0.29, 0.717) is 0 Å². The number of rotatable bonds is 2. The molecule has 0 amide bonds. The van der Waals surface area contributed by atoms with Crippen LogP contribution in [0.4, 0.5) is 0 Å². The molecular formula is C10H9NO2S. The Bertz CT molecular complexity index is 422. The molecule has 0 saturated carbocycles. The van der Waals surface area contributed by atoms with Gasteiger partial charge in [0.25, 0.3) is 0 Å². The lowest BCUT2D eigenvalue weighted by Crippen LogP contribution is -1.73. The molecule has 2 aromatic rings. The lowest BCUT2D eigenvalue weighted by atomic mass is 10.2. The molecule has 0 aliphatic heterocycles. The summed E-state index contributed by atoms with van der Waals surface area (Å²) in [6, 6.07) is 6.84. The second-order valence-corrected chi connectivity index (χ2v) is 3.95. The summed E-state index contributed by atoms with van der Waals surface area (Å²) < 4.78 is 0. The van der Waals surface area contributed by atoms with Crippen molar-refractivity contribution < 1.29 is 10.2 Å². The van der Waals surface area contributed by atoms with Gasteiger partial charge in [-0.3, -0.25) is 0 Å². The molecule has 0 saturated heterocycles. The number of thiazole rings is 1. The number of hydrogen-bond acceptors (Lipinski definition) is 4. The van der Waals surface area contributed by atoms with Crippen molar-refractivity contribution in [2.75, 3.05) is 0 Å². The van der Waals surface area contributed by atoms with Gasteiger partial charge in [0.2, 0.25) is 0 Å². The standard InChI is InChI=1S/C10H9NO2S/c12-6-9-5-11-10(14-9)7-1-3-8(13)4-2-7/h1-5,12-13H,6H2. The van der Waals surface area contributed by atoms with E-state index in [4.69, 9.17) is 10.2 Å². The van der Waals surface area contributed by atoms with E-state index < -0.39 is 0 Å². The smallest absolute Gasteiger partial charge is 0.123 e. The van der Waals surface area contributed by atoms with Crippen LogP contribution in [0.2, 0.25) is 0 Å². The number of phenols is 1. The Morgan fingerprint density at radius 2 is 1.93 bits per heavy atom. The Hall–Kier alpha value is -1.39. The molecule has 1 aromatic heterocycles. The minimum absolute atomic E-state index is 0.0236. The van der Waals surface area contributed by atoms with Crippen LogP contribution in [0.5, 0.6) is 5.75 Å². The Morgan fingerprint density at radius 3 is 2.50 bits per heavy atom. The van der Waals surface area contributed by atoms with E-state index >= 15 is 0 Å². The molecule has 1 heterocycles. The molecule has 1 aromatic carbocycles. The van der Waals surface area contributed by atoms with Crippen LogP contribution in [-0.4, -0.2) is 15.2 Å². The van der Waals surface area contributed by atoms with E-state index in [1.54, 1.807) is 30.5 Å². The molecule has 0 aliphatic rings. The van der Waals surface area contributed by atoms with Crippen LogP contribution in [0.15, 0.2) is 30.5 Å². The van der Waals surface area contributed by atoms with Crippen molar-refractivity contribution in [2.45, 2.75) is 6.61 Å². The first-order valence-electron chi connectivity index (χ1n) is 4.14. The number of phenolic OH excluding ortho intramolecular Hbond substituents is 1. The van der Waals surface area contributed by atoms with Crippen LogP contribution in [-0.2, 0) is 6.61 Å². The third-order valence-corrected chi connectivity index (χ3v) is 2.85. The fourth-order valence-electron chi connectivity index (χ4n) is 1.12. The van der Waals surface area contributed by atoms with Gasteiger partial charge in [-0.1, -0.05) is 0 Å². The molecule has 0 aliphatic carbocycles. The van der Waals surface area contributed by atoms with Crippen LogP contribution in [0.25, 0.3) is 10.6 Å². The zero-order chi connectivity index (χ0) is 9.97. The molecule has 72 valence electrons. The van der Waals surface area contributed by atoms with Crippen molar-refractivity contribution in [1.29, 1.82) is 0 Å². The fraction of sp³-hybridized carbons (Fsp3) is 0.100. The van der Waals surface area contributed by atoms with E-state index in [0.717, 1.165) is 15.4 Å². The van der Waals surface area contributed by atoms with Crippen molar-refractivity contribution >= 4 is 11.3 Å². The monoisotopic (exact) mass is 207 g/mol. The van der Waals surface area contributed by atoms with E-state index in [-0.39, 0.29) is 12.4 Å². The van der Waals surface area contributed by atoms with Gasteiger partial charge in [0.05, 0.1) is 11.5 Å². The molecule has 14 heavy (non-hydrogen) atoms. The molecule has 3 nitrogen and oxygen atoms in total. The number of hydrogen-bond donors (Lipinski definition) is 2. The van der Waals surface area contributed by atoms with Gasteiger partial charge in [-0.25, -0.2) is 4.98 Å². The van der Waals surface area contributed by atoms with E-state index in [2.05, 4.69) is 4.98 Å². The van der Waals surface area contributed by atoms with Crippen LogP contribution >= 0.6 is 11.3 Å². The van der Waals surface area contributed by atoms with Gasteiger partial charge >= 0.3 is 0 Å². The Kier molecular flexibility index (Phi) is 2.47. The molecule has 2 N–H and O–H groups in total. The summed E-state index contributed by atoms with van der Waals surface area (Å²) in [5.74, 6) is 0.243. The van der Waals surface area contributed by atoms with Crippen LogP contribution in [0, 0.1) is 0 Å². The molecule has 0 fully saturated rings. The number of nitrogens with zero attached hydrogens (tertiary/aromatic N) is 1. The van der Waals surface area contributed by atoms with Gasteiger partial charge in [0.1, 0.15) is 10.8 Å². The molecule has 0 unspecified atom stereocenters. The van der Waals surface area contributed by atoms with Gasteiger partial charge in [0.15, 0.2) is 0 Å². The number of aliphatic hydroxyl groups excluding tert-OH is 1. The highest BCUT2D eigenvalue weighted by Gasteiger charge is 2.03. The number of benzene rings is 1. The average Bonchev–Trinajstić information content (AvgIpc) is 2.67. The van der Waals surface area contributed by atoms with Gasteiger partial charge in [0, 0.05) is 11.8 Å². The summed E-state index contributed by atoms with van der Waals surface area (Å²) in [6.45, 7) is 0.0236. The summed E-state index contributed by atoms with van der Waals surface area (Å²) in [6.07, 6.45) is 1.66. The quantitative estimate of drug-likeness (QED) is 0.792. The molecule has 0 radical (unpaired) electrons. The van der Waals surface area contributed by atoms with Crippen LogP contribution < -0.4 is 0 Å². The molecule has 4 heteroatoms. The molecule has 0 spiro atoms. The number of aromatic nitrogens is 1. The number of aliphatic hydroxyl groups is 1. The van der Waals surface area contributed by atoms with Gasteiger partial charge in [-0.2, -0.15) is 0 Å². The van der Waals surface area contributed by atoms with E-state index in [1.165, 1.54) is 11.3 Å². The maximum Gasteiger partial charge on any atom is 0.123 e. The lowest BCUT2D eigenvalue weighted by molar-refractivity contribution is 0.285. The highest BCUT2D eigenvalue weighted by molar-refractivity contribution is 7.15. The predicted octanol–water partition coefficient (Wildman–Crippen LogP) is 2.01. The van der Waals surface area contributed by atoms with Crippen LogP contribution in [0.3, 0.4) is 0 Å². The summed E-state index contributed by atoms with van der Waals surface area (Å²) in [5.41, 5.74) is 0.951. The van der Waals surface area contributed by atoms with Crippen molar-refractivity contribution in [3.05, 3.63) is 35.3 Å². The molecular weight excluding hydrogens is 198 g/mol. The fourth-order valence-corrected chi connectivity index (χ4v) is 1.90. The summed E-state index contributed by atoms with van der Waals surface area (Å²) in [5, 5.41) is 18.8. The third kappa shape index (κ3) is 1.76. The largest absolute Gasteiger partial charge is 0.508 e. The zero-order valence-corrected chi connectivity index (χ0v) is 8.16. The second-order valence-electron chi connectivity index (χ2n) is 2.84. The van der Waals surface area contributed by atoms with Gasteiger partial charge in [-0.05, 0) is 24.3 Å². The molecule has 2 rings (SSSR count). The normalized spacial score (nSPS) is 10.4. The molecule has 0 atom stereocenters. The zero-order valence-electron chi connectivity index (χ0n) is 7.34. The first kappa shape index (κ1) is 9.18. The highest BCUT2D eigenvalue weighted by atomic mass is 32.1. The van der Waals surface area contributed by atoms with Crippen molar-refractivity contribution in [2.24, 2.45) is 0 Å². The lowest BCUT2D eigenvalue weighted by Gasteiger charge is -1.95. The minimum atomic E-state index is 0.0236. The maximum absolute atomic E-state index is 9.10. The van der Waals surface area contributed by atoms with Crippen LogP contribution in [0.1, 0.15) is 4.88 Å². The topological polar surface area (TPSA) is 53.4 Å². The van der Waals surface area contributed by atoms with Crippen molar-refractivity contribution in [3.63, 3.8) is 0 Å². The summed E-state index contributed by atoms with van der Waals surface area (Å²) >= 11 is 1.45. The predicted molar refractivity (Wildman–Crippen MR) is 55.1 cm³/mol. The van der Waals surface area contributed by atoms with Gasteiger partial charge < -0.3 is 10.2 Å². The summed E-state index contributed by atoms with van der Waals surface area (Å²) in [4.78, 5) is 5.00. The first-order chi connectivity index (χ1) is 6.79. The number of aromatic hydroxyl groups is 1. The average molecular weight is 207 g/mol. The minimum Gasteiger partial charge on any atom is -0.508 e. The Labute approximate surface area is 85.3 Å². The SMILES string of the molecule is OCc1cnc(-c2ccc(O)cc2)s1. The Balaban J connectivity index is 2.34. The van der Waals surface area contributed by atoms with Crippen molar-refractivity contribution in [1.82, 2.24) is 4.98 Å². The maximum atomic E-state index is 9.10. The highest BCUT2D eigenvalue weighted by Crippen LogP contribution is 2.26. The Morgan fingerprint density at radius 1 is 1.21 bits per heavy atom. The third-order valence-electron chi connectivity index (χ3n) is 1.82. The second kappa shape index (κ2) is 3.77. The van der Waals surface area contributed by atoms with Crippen molar-refractivity contribution in [3.8, 4) is 16.3 Å². The van der Waals surface area contributed by atoms with Gasteiger partial charge in [-0.15, -0.1) is 11.3 Å². The summed E-state index contributed by atoms with van der Waals surface area (Å²) in [7, 11) is 0. The first-order valence-corrected chi connectivity index (χ1v) is 4.96. The van der Waals surface area contributed by atoms with E-state index in [1.807, 2.05) is 0 Å². The van der Waals surface area contributed by atoms with E-state index in [9.17, 15) is 0 Å². The molecule has 0 bridgehead atoms.